The second kappa shape index (κ2) is 17.2. The smallest absolute Gasteiger partial charge is 0.227 e. The monoisotopic (exact) mass is 955 g/mol. The number of aromatic nitrogens is 1. The summed E-state index contributed by atoms with van der Waals surface area (Å²) >= 11 is 3.36. The number of hydrogen-bond donors (Lipinski definition) is 0. The molecule has 61 heavy (non-hydrogen) atoms. The number of carbonyl (C=O) groups excluding carboxylic acids is 1. The van der Waals surface area contributed by atoms with Crippen LogP contribution in [0.4, 0.5) is 87.8 Å². The molecular weight excluding hydrogens is 945 g/mol. The Morgan fingerprint density at radius 3 is 0.918 bits per heavy atom. The van der Waals surface area contributed by atoms with Gasteiger partial charge < -0.3 is 0 Å². The van der Waals surface area contributed by atoms with Crippen LogP contribution in [0.5, 0.6) is 0 Å². The van der Waals surface area contributed by atoms with Gasteiger partial charge in [0.2, 0.25) is 12.3 Å². The third-order valence-electron chi connectivity index (χ3n) is 8.96. The van der Waals surface area contributed by atoms with E-state index in [0.717, 1.165) is 10.0 Å². The third kappa shape index (κ3) is 7.47. The molecule has 0 radical (unpaired) electrons. The Labute approximate surface area is 334 Å². The number of hydrogen-bond acceptors (Lipinski definition) is 1. The molecule has 1 aromatic heterocycles. The van der Waals surface area contributed by atoms with Crippen LogP contribution >= 0.6 is 15.9 Å². The summed E-state index contributed by atoms with van der Waals surface area (Å²) in [7, 11) is 0. The molecule has 2 nitrogen and oxygen atoms in total. The summed E-state index contributed by atoms with van der Waals surface area (Å²) in [6.07, 6.45) is -3.45. The Bertz CT molecular complexity index is 2390. The molecule has 6 rings (SSSR count). The Kier molecular flexibility index (Phi) is 13.0. The maximum absolute atomic E-state index is 15.4. The van der Waals surface area contributed by atoms with Gasteiger partial charge in [-0.2, -0.15) is 4.57 Å². The minimum atomic E-state index is -7.22. The predicted octanol–water partition coefficient (Wildman–Crippen LogP) is 8.47. The van der Waals surface area contributed by atoms with Gasteiger partial charge in [-0.3, -0.25) is 4.79 Å². The zero-order valence-electron chi connectivity index (χ0n) is 28.8. The fourth-order valence-electron chi connectivity index (χ4n) is 6.33. The summed E-state index contributed by atoms with van der Waals surface area (Å²) in [5, 5.41) is 0. The minimum absolute atomic E-state index is 0.109. The van der Waals surface area contributed by atoms with Crippen molar-refractivity contribution in [2.75, 3.05) is 0 Å². The van der Waals surface area contributed by atoms with Crippen LogP contribution in [0, 0.1) is 116 Å². The molecule has 0 saturated carbocycles. The van der Waals surface area contributed by atoms with Crippen molar-refractivity contribution in [3.05, 3.63) is 181 Å². The molecule has 0 saturated heterocycles. The van der Waals surface area contributed by atoms with E-state index in [0.29, 0.717) is 6.54 Å². The van der Waals surface area contributed by atoms with Gasteiger partial charge in [-0.15, -0.1) is 21.9 Å². The highest BCUT2D eigenvalue weighted by atomic mass is 79.9. The molecule has 0 N–H and O–H groups in total. The molecule has 24 heteroatoms. The first kappa shape index (κ1) is 46.1. The lowest BCUT2D eigenvalue weighted by molar-refractivity contribution is -0.683. The van der Waals surface area contributed by atoms with Crippen LogP contribution in [0.2, 0.25) is 0 Å². The quantitative estimate of drug-likeness (QED) is 0.0394. The fourth-order valence-corrected chi connectivity index (χ4v) is 6.73. The summed E-state index contributed by atoms with van der Waals surface area (Å²) in [4.78, 5) is 11.9. The van der Waals surface area contributed by atoms with E-state index in [1.54, 1.807) is 0 Å². The van der Waals surface area contributed by atoms with Crippen molar-refractivity contribution in [3.63, 3.8) is 0 Å². The van der Waals surface area contributed by atoms with Gasteiger partial charge in [0.1, 0.15) is 52.7 Å². The van der Waals surface area contributed by atoms with Crippen molar-refractivity contribution < 1.29 is 97.2 Å². The second-order valence-corrected chi connectivity index (χ2v) is 13.2. The van der Waals surface area contributed by atoms with E-state index in [2.05, 4.69) is 15.9 Å². The molecule has 0 amide bonds. The number of benzene rings is 5. The number of Topliss-reactive ketones (excluding diaryl/α,β-unsaturated/α-hetero) is 1. The first-order chi connectivity index (χ1) is 28.5. The number of halogens is 21. The Morgan fingerprint density at radius 2 is 0.656 bits per heavy atom. The third-order valence-corrected chi connectivity index (χ3v) is 9.45. The maximum atomic E-state index is 15.4. The molecule has 0 fully saturated rings. The van der Waals surface area contributed by atoms with Crippen molar-refractivity contribution in [1.82, 2.24) is 0 Å². The summed E-state index contributed by atoms with van der Waals surface area (Å²) in [6, 6.07) is 13.2. The van der Waals surface area contributed by atoms with E-state index in [1.165, 1.54) is 0 Å². The number of rotatable bonds is 7. The molecule has 5 aromatic carbocycles. The van der Waals surface area contributed by atoms with Crippen molar-refractivity contribution in [1.29, 1.82) is 0 Å². The molecule has 0 atom stereocenters. The molecule has 320 valence electrons. The summed E-state index contributed by atoms with van der Waals surface area (Å²) in [5.41, 5.74) is -13.6. The topological polar surface area (TPSA) is 20.9 Å². The average molecular weight is 956 g/mol. The SMILES string of the molecule is Fc1c(F)c(F)c([B-](c2c(F)c(F)c(F)c(F)c2F)(c2c(F)c(F)c(F)c(F)c2F)c2c(F)c(F)c(F)c(F)c2F)c(F)c1F.O=C(C[n+]1ccccc1)c1cccc(Br)c1. The fraction of sp³-hybridized carbons (Fsp3) is 0.0270. The predicted molar refractivity (Wildman–Crippen MR) is 174 cm³/mol. The van der Waals surface area contributed by atoms with E-state index in [1.807, 2.05) is 59.4 Å². The Balaban J connectivity index is 0.000000366. The van der Waals surface area contributed by atoms with E-state index in [-0.39, 0.29) is 5.78 Å². The molecule has 6 aromatic rings. The van der Waals surface area contributed by atoms with Crippen LogP contribution in [0.25, 0.3) is 0 Å². The van der Waals surface area contributed by atoms with Crippen molar-refractivity contribution >= 4 is 49.7 Å². The summed E-state index contributed by atoms with van der Waals surface area (Å²) in [6.45, 7) is 0.372. The van der Waals surface area contributed by atoms with Crippen LogP contribution in [-0.4, -0.2) is 11.9 Å². The highest BCUT2D eigenvalue weighted by Crippen LogP contribution is 2.30. The van der Waals surface area contributed by atoms with Gasteiger partial charge in [0, 0.05) is 22.2 Å². The first-order valence-electron chi connectivity index (χ1n) is 15.9. The van der Waals surface area contributed by atoms with Crippen molar-refractivity contribution in [2.24, 2.45) is 0 Å². The zero-order chi connectivity index (χ0) is 45.7. The van der Waals surface area contributed by atoms with E-state index in [4.69, 9.17) is 0 Å². The highest BCUT2D eigenvalue weighted by molar-refractivity contribution is 9.10. The van der Waals surface area contributed by atoms with E-state index >= 15 is 35.1 Å². The van der Waals surface area contributed by atoms with Gasteiger partial charge in [-0.05, 0) is 12.1 Å². The van der Waals surface area contributed by atoms with Gasteiger partial charge in [-0.25, -0.2) is 87.8 Å². The molecule has 0 spiro atoms. The normalized spacial score (nSPS) is 11.5. The number of nitrogens with zero attached hydrogens (tertiary/aromatic N) is 1. The minimum Gasteiger partial charge on any atom is -0.287 e. The van der Waals surface area contributed by atoms with Crippen LogP contribution < -0.4 is 26.4 Å². The van der Waals surface area contributed by atoms with Crippen LogP contribution in [-0.2, 0) is 6.54 Å². The van der Waals surface area contributed by atoms with Gasteiger partial charge >= 0.3 is 0 Å². The van der Waals surface area contributed by atoms with Gasteiger partial charge in [0.25, 0.3) is 0 Å². The van der Waals surface area contributed by atoms with Crippen molar-refractivity contribution in [3.8, 4) is 0 Å². The molecule has 1 heterocycles. The van der Waals surface area contributed by atoms with E-state index in [9.17, 15) is 57.5 Å². The van der Waals surface area contributed by atoms with Gasteiger partial charge in [0.05, 0.1) is 0 Å². The number of ketones is 1. The average Bonchev–Trinajstić information content (AvgIpc) is 3.24. The lowest BCUT2D eigenvalue weighted by atomic mass is 9.12. The van der Waals surface area contributed by atoms with Crippen molar-refractivity contribution in [2.45, 2.75) is 6.54 Å². The molecule has 0 aliphatic heterocycles. The molecule has 0 aliphatic rings. The van der Waals surface area contributed by atoms with Crippen LogP contribution in [0.3, 0.4) is 0 Å². The first-order valence-corrected chi connectivity index (χ1v) is 16.7. The van der Waals surface area contributed by atoms with Gasteiger partial charge in [-0.1, -0.05) is 34.1 Å². The van der Waals surface area contributed by atoms with E-state index < -0.39 is 144 Å². The largest absolute Gasteiger partial charge is 0.287 e. The molecular formula is C37H11BBrF20NO. The second-order valence-electron chi connectivity index (χ2n) is 12.3. The Morgan fingerprint density at radius 1 is 0.393 bits per heavy atom. The summed E-state index contributed by atoms with van der Waals surface area (Å²) in [5.74, 6) is -71.3. The number of pyridine rings is 1. The summed E-state index contributed by atoms with van der Waals surface area (Å²) < 4.78 is 297. The molecule has 0 aliphatic carbocycles. The Hall–Kier alpha value is -5.94. The lowest BCUT2D eigenvalue weighted by Crippen LogP contribution is -2.81. The highest BCUT2D eigenvalue weighted by Gasteiger charge is 2.52. The maximum Gasteiger partial charge on any atom is 0.227 e. The van der Waals surface area contributed by atoms with Gasteiger partial charge in [0.15, 0.2) is 82.2 Å². The molecule has 0 unspecified atom stereocenters. The molecule has 0 bridgehead atoms. The van der Waals surface area contributed by atoms with Crippen LogP contribution in [0.15, 0.2) is 59.3 Å². The standard InChI is InChI=1S/C24BF20.C13H11BrNO/c26-5-1(6(27)14(35)21(42)13(5)34)25(2-7(28)15(36)22(43)16(37)8(2)29,3-9(30)17(38)23(44)18(39)10(3)31)4-11(32)19(40)24(45)20(41)12(4)33;14-12-6-4-5-11(9-12)13(16)10-15-7-2-1-3-8-15/h;1-9H,10H2/q-1;+1. The van der Waals surface area contributed by atoms with Crippen LogP contribution in [0.1, 0.15) is 10.4 Å². The number of carbonyl (C=O) groups is 1. The zero-order valence-corrected chi connectivity index (χ0v) is 30.4. The lowest BCUT2D eigenvalue weighted by Gasteiger charge is -2.44.